The van der Waals surface area contributed by atoms with Gasteiger partial charge in [0, 0.05) is 18.4 Å². The molecule has 102 valence electrons. The lowest BCUT2D eigenvalue weighted by Gasteiger charge is -2.29. The van der Waals surface area contributed by atoms with E-state index in [0.29, 0.717) is 12.2 Å². The molecule has 0 saturated heterocycles. The number of aromatic nitrogens is 2. The van der Waals surface area contributed by atoms with Gasteiger partial charge in [0.05, 0.1) is 12.8 Å². The van der Waals surface area contributed by atoms with Crippen LogP contribution in [0.25, 0.3) is 0 Å². The van der Waals surface area contributed by atoms with Gasteiger partial charge in [-0.1, -0.05) is 20.8 Å². The van der Waals surface area contributed by atoms with Crippen LogP contribution in [0.5, 0.6) is 0 Å². The fraction of sp³-hybridized carbons (Fsp3) is 0.692. The largest absolute Gasteiger partial charge is 0.396 e. The Kier molecular flexibility index (Phi) is 5.34. The fourth-order valence-corrected chi connectivity index (χ4v) is 1.80. The van der Waals surface area contributed by atoms with Crippen molar-refractivity contribution < 1.29 is 9.90 Å². The molecule has 5 nitrogen and oxygen atoms in total. The van der Waals surface area contributed by atoms with Crippen LogP contribution in [-0.2, 0) is 6.42 Å². The third-order valence-corrected chi connectivity index (χ3v) is 3.67. The second-order valence-electron chi connectivity index (χ2n) is 4.65. The first-order chi connectivity index (χ1) is 8.60. The number of amides is 1. The first-order valence-corrected chi connectivity index (χ1v) is 6.53. The Balaban J connectivity index is 2.59. The number of imidazole rings is 1. The van der Waals surface area contributed by atoms with E-state index in [4.69, 9.17) is 0 Å². The number of aryl methyl sites for hydroxylation is 1. The molecule has 0 aliphatic carbocycles. The van der Waals surface area contributed by atoms with Crippen molar-refractivity contribution in [2.75, 3.05) is 13.2 Å². The minimum absolute atomic E-state index is 0.0868. The summed E-state index contributed by atoms with van der Waals surface area (Å²) in [6.07, 6.45) is 4.00. The third-order valence-electron chi connectivity index (χ3n) is 3.67. The summed E-state index contributed by atoms with van der Waals surface area (Å²) < 4.78 is 0. The van der Waals surface area contributed by atoms with E-state index >= 15 is 0 Å². The van der Waals surface area contributed by atoms with Gasteiger partial charge in [-0.05, 0) is 12.8 Å². The van der Waals surface area contributed by atoms with Crippen LogP contribution in [0.3, 0.4) is 0 Å². The molecule has 0 aromatic carbocycles. The van der Waals surface area contributed by atoms with Crippen molar-refractivity contribution in [3.63, 3.8) is 0 Å². The number of rotatable bonds is 7. The van der Waals surface area contributed by atoms with Crippen LogP contribution < -0.4 is 5.32 Å². The van der Waals surface area contributed by atoms with Gasteiger partial charge in [0.1, 0.15) is 11.5 Å². The minimum atomic E-state index is -0.219. The van der Waals surface area contributed by atoms with Crippen LogP contribution in [0.15, 0.2) is 6.20 Å². The molecule has 0 aliphatic rings. The highest BCUT2D eigenvalue weighted by atomic mass is 16.3. The van der Waals surface area contributed by atoms with Crippen molar-refractivity contribution in [3.8, 4) is 0 Å². The van der Waals surface area contributed by atoms with E-state index in [1.807, 2.05) is 20.8 Å². The minimum Gasteiger partial charge on any atom is -0.396 e. The second-order valence-corrected chi connectivity index (χ2v) is 4.65. The van der Waals surface area contributed by atoms with Gasteiger partial charge in [0.2, 0.25) is 0 Å². The van der Waals surface area contributed by atoms with Crippen molar-refractivity contribution >= 4 is 5.91 Å². The van der Waals surface area contributed by atoms with Gasteiger partial charge < -0.3 is 15.4 Å². The molecule has 0 aliphatic heterocycles. The summed E-state index contributed by atoms with van der Waals surface area (Å²) in [7, 11) is 0. The molecule has 1 aromatic rings. The Morgan fingerprint density at radius 1 is 1.44 bits per heavy atom. The number of H-pyrrole nitrogens is 1. The lowest BCUT2D eigenvalue weighted by atomic mass is 9.83. The lowest BCUT2D eigenvalue weighted by Crippen LogP contribution is -2.39. The first-order valence-electron chi connectivity index (χ1n) is 6.53. The van der Waals surface area contributed by atoms with Crippen LogP contribution in [0, 0.1) is 5.41 Å². The van der Waals surface area contributed by atoms with Gasteiger partial charge in [0.15, 0.2) is 0 Å². The summed E-state index contributed by atoms with van der Waals surface area (Å²) in [4.78, 5) is 19.0. The van der Waals surface area contributed by atoms with Crippen LogP contribution in [-0.4, -0.2) is 34.1 Å². The van der Waals surface area contributed by atoms with E-state index in [0.717, 1.165) is 25.1 Å². The number of aliphatic hydroxyl groups is 1. The Morgan fingerprint density at radius 3 is 2.56 bits per heavy atom. The van der Waals surface area contributed by atoms with Crippen molar-refractivity contribution in [1.29, 1.82) is 0 Å². The molecule has 18 heavy (non-hydrogen) atoms. The molecule has 0 saturated carbocycles. The quantitative estimate of drug-likeness (QED) is 0.689. The first kappa shape index (κ1) is 14.7. The van der Waals surface area contributed by atoms with Gasteiger partial charge in [-0.25, -0.2) is 4.98 Å². The summed E-state index contributed by atoms with van der Waals surface area (Å²) in [5.41, 5.74) is 0.259. The number of hydrogen-bond donors (Lipinski definition) is 3. The molecule has 3 N–H and O–H groups in total. The fourth-order valence-electron chi connectivity index (χ4n) is 1.80. The van der Waals surface area contributed by atoms with Crippen molar-refractivity contribution in [2.24, 2.45) is 5.41 Å². The Bertz CT molecular complexity index is 375. The molecular weight excluding hydrogens is 230 g/mol. The van der Waals surface area contributed by atoms with E-state index in [9.17, 15) is 9.90 Å². The van der Waals surface area contributed by atoms with Crippen LogP contribution in [0.1, 0.15) is 49.9 Å². The number of nitrogens with one attached hydrogen (secondary N) is 2. The summed E-state index contributed by atoms with van der Waals surface area (Å²) in [5, 5.41) is 12.3. The number of aromatic amines is 1. The molecule has 0 fully saturated rings. The van der Waals surface area contributed by atoms with E-state index in [2.05, 4.69) is 15.3 Å². The number of carbonyl (C=O) groups excluding carboxylic acids is 1. The van der Waals surface area contributed by atoms with Crippen LogP contribution >= 0.6 is 0 Å². The molecule has 0 bridgehead atoms. The smallest absolute Gasteiger partial charge is 0.269 e. The SMILES string of the molecule is CCc1ncc(C(=O)NCC(CC)(CC)CO)[nH]1. The third kappa shape index (κ3) is 3.32. The lowest BCUT2D eigenvalue weighted by molar-refractivity contribution is 0.0847. The monoisotopic (exact) mass is 253 g/mol. The maximum Gasteiger partial charge on any atom is 0.269 e. The highest BCUT2D eigenvalue weighted by Crippen LogP contribution is 2.24. The predicted octanol–water partition coefficient (Wildman–Crippen LogP) is 1.50. The highest BCUT2D eigenvalue weighted by molar-refractivity contribution is 5.92. The molecule has 1 heterocycles. The molecule has 1 aromatic heterocycles. The average molecular weight is 253 g/mol. The van der Waals surface area contributed by atoms with Crippen molar-refractivity contribution in [2.45, 2.75) is 40.0 Å². The number of carbonyl (C=O) groups is 1. The molecule has 5 heteroatoms. The normalized spacial score (nSPS) is 11.6. The number of aliphatic hydroxyl groups excluding tert-OH is 1. The zero-order valence-corrected chi connectivity index (χ0v) is 11.4. The highest BCUT2D eigenvalue weighted by Gasteiger charge is 2.26. The molecule has 1 rings (SSSR count). The zero-order valence-electron chi connectivity index (χ0n) is 11.4. The van der Waals surface area contributed by atoms with Crippen LogP contribution in [0.2, 0.25) is 0 Å². The molecule has 1 amide bonds. The van der Waals surface area contributed by atoms with Crippen LogP contribution in [0.4, 0.5) is 0 Å². The van der Waals surface area contributed by atoms with Gasteiger partial charge in [0.25, 0.3) is 5.91 Å². The predicted molar refractivity (Wildman–Crippen MR) is 70.4 cm³/mol. The summed E-state index contributed by atoms with van der Waals surface area (Å²) in [6.45, 7) is 6.60. The van der Waals surface area contributed by atoms with E-state index < -0.39 is 0 Å². The summed E-state index contributed by atoms with van der Waals surface area (Å²) in [6, 6.07) is 0. The molecule has 0 unspecified atom stereocenters. The van der Waals surface area contributed by atoms with Gasteiger partial charge in [-0.15, -0.1) is 0 Å². The Morgan fingerprint density at radius 2 is 2.11 bits per heavy atom. The standard InChI is InChI=1S/C13H23N3O2/c1-4-11-14-7-10(16-11)12(18)15-8-13(5-2,6-3)9-17/h7,17H,4-6,8-9H2,1-3H3,(H,14,16)(H,15,18). The molecule has 0 atom stereocenters. The molecule has 0 spiro atoms. The van der Waals surface area contributed by atoms with Gasteiger partial charge >= 0.3 is 0 Å². The Labute approximate surface area is 108 Å². The Hall–Kier alpha value is -1.36. The maximum atomic E-state index is 11.9. The zero-order chi connectivity index (χ0) is 13.6. The topological polar surface area (TPSA) is 78.0 Å². The van der Waals surface area contributed by atoms with E-state index in [1.165, 1.54) is 0 Å². The number of nitrogens with zero attached hydrogens (tertiary/aromatic N) is 1. The van der Waals surface area contributed by atoms with Crippen molar-refractivity contribution in [3.05, 3.63) is 17.7 Å². The second kappa shape index (κ2) is 6.54. The molecule has 0 radical (unpaired) electrons. The maximum absolute atomic E-state index is 11.9. The van der Waals surface area contributed by atoms with Gasteiger partial charge in [-0.3, -0.25) is 4.79 Å². The average Bonchev–Trinajstić information content (AvgIpc) is 2.89. The molecular formula is C13H23N3O2. The van der Waals surface area contributed by atoms with Gasteiger partial charge in [-0.2, -0.15) is 0 Å². The van der Waals surface area contributed by atoms with E-state index in [1.54, 1.807) is 6.20 Å². The summed E-state index contributed by atoms with van der Waals surface area (Å²) >= 11 is 0. The van der Waals surface area contributed by atoms with Crippen molar-refractivity contribution in [1.82, 2.24) is 15.3 Å². The number of hydrogen-bond acceptors (Lipinski definition) is 3. The summed E-state index contributed by atoms with van der Waals surface area (Å²) in [5.74, 6) is 0.640. The van der Waals surface area contributed by atoms with E-state index in [-0.39, 0.29) is 17.9 Å².